The van der Waals surface area contributed by atoms with Crippen molar-refractivity contribution in [1.82, 2.24) is 4.90 Å². The van der Waals surface area contributed by atoms with Gasteiger partial charge in [-0.15, -0.1) is 0 Å². The van der Waals surface area contributed by atoms with E-state index in [0.717, 1.165) is 13.0 Å². The van der Waals surface area contributed by atoms with E-state index in [9.17, 15) is 4.79 Å². The first-order chi connectivity index (χ1) is 6.24. The van der Waals surface area contributed by atoms with E-state index >= 15 is 0 Å². The highest BCUT2D eigenvalue weighted by Gasteiger charge is 2.10. The number of carbonyl (C=O) groups excluding carboxylic acids is 1. The topological polar surface area (TPSA) is 33.5 Å². The summed E-state index contributed by atoms with van der Waals surface area (Å²) in [6.07, 6.45) is 2.58. The Hall–Kier alpha value is -1.09. The van der Waals surface area contributed by atoms with Gasteiger partial charge in [0.15, 0.2) is 5.76 Å². The normalized spacial score (nSPS) is 10.7. The maximum absolute atomic E-state index is 11.5. The van der Waals surface area contributed by atoms with Gasteiger partial charge in [0.1, 0.15) is 0 Å². The summed E-state index contributed by atoms with van der Waals surface area (Å²) in [5, 5.41) is 0. The molecule has 3 nitrogen and oxygen atoms in total. The van der Waals surface area contributed by atoms with Gasteiger partial charge in [-0.3, -0.25) is 9.69 Å². The SMILES string of the molecule is CCCN(C)CC(=O)c1ccco1. The molecule has 0 saturated heterocycles. The maximum atomic E-state index is 11.5. The Morgan fingerprint density at radius 2 is 2.38 bits per heavy atom. The Kier molecular flexibility index (Phi) is 3.71. The van der Waals surface area contributed by atoms with Crippen molar-refractivity contribution in [1.29, 1.82) is 0 Å². The highest BCUT2D eigenvalue weighted by Crippen LogP contribution is 2.02. The molecular formula is C10H15NO2. The molecule has 0 atom stereocenters. The predicted octanol–water partition coefficient (Wildman–Crippen LogP) is 1.80. The molecular weight excluding hydrogens is 166 g/mol. The Bertz CT molecular complexity index is 254. The van der Waals surface area contributed by atoms with Crippen molar-refractivity contribution < 1.29 is 9.21 Å². The molecule has 1 rings (SSSR count). The van der Waals surface area contributed by atoms with E-state index in [2.05, 4.69) is 6.92 Å². The lowest BCUT2D eigenvalue weighted by atomic mass is 10.3. The summed E-state index contributed by atoms with van der Waals surface area (Å²) in [6.45, 7) is 3.46. The molecule has 72 valence electrons. The first-order valence-corrected chi connectivity index (χ1v) is 4.49. The molecule has 1 aromatic heterocycles. The Morgan fingerprint density at radius 3 is 2.92 bits per heavy atom. The second kappa shape index (κ2) is 4.82. The molecule has 0 saturated carbocycles. The molecule has 0 radical (unpaired) electrons. The van der Waals surface area contributed by atoms with Crippen LogP contribution in [0.5, 0.6) is 0 Å². The number of hydrogen-bond acceptors (Lipinski definition) is 3. The number of nitrogens with zero attached hydrogens (tertiary/aromatic N) is 1. The lowest BCUT2D eigenvalue weighted by Gasteiger charge is -2.12. The number of furan rings is 1. The molecule has 0 amide bonds. The minimum Gasteiger partial charge on any atom is -0.461 e. The zero-order valence-corrected chi connectivity index (χ0v) is 8.12. The van der Waals surface area contributed by atoms with Crippen molar-refractivity contribution >= 4 is 5.78 Å². The average molecular weight is 181 g/mol. The molecule has 0 aliphatic rings. The lowest BCUT2D eigenvalue weighted by Crippen LogP contribution is -2.26. The van der Waals surface area contributed by atoms with Crippen LogP contribution >= 0.6 is 0 Å². The molecule has 0 N–H and O–H groups in total. The quantitative estimate of drug-likeness (QED) is 0.649. The van der Waals surface area contributed by atoms with Crippen molar-refractivity contribution in [3.8, 4) is 0 Å². The van der Waals surface area contributed by atoms with Crippen LogP contribution in [0.2, 0.25) is 0 Å². The summed E-state index contributed by atoms with van der Waals surface area (Å²) in [5.41, 5.74) is 0. The van der Waals surface area contributed by atoms with Crippen LogP contribution in [0.1, 0.15) is 23.9 Å². The van der Waals surface area contributed by atoms with Gasteiger partial charge < -0.3 is 4.42 Å². The second-order valence-electron chi connectivity index (χ2n) is 3.14. The molecule has 0 aliphatic carbocycles. The fourth-order valence-electron chi connectivity index (χ4n) is 1.22. The van der Waals surface area contributed by atoms with Crippen molar-refractivity contribution in [2.45, 2.75) is 13.3 Å². The Labute approximate surface area is 78.3 Å². The molecule has 13 heavy (non-hydrogen) atoms. The van der Waals surface area contributed by atoms with Crippen LogP contribution in [0, 0.1) is 0 Å². The largest absolute Gasteiger partial charge is 0.461 e. The highest BCUT2D eigenvalue weighted by molar-refractivity contribution is 5.94. The summed E-state index contributed by atoms with van der Waals surface area (Å²) in [5.74, 6) is 0.490. The van der Waals surface area contributed by atoms with Crippen molar-refractivity contribution in [2.24, 2.45) is 0 Å². The molecule has 0 aromatic carbocycles. The Balaban J connectivity index is 2.42. The van der Waals surface area contributed by atoms with Crippen LogP contribution < -0.4 is 0 Å². The van der Waals surface area contributed by atoms with Crippen molar-refractivity contribution in [2.75, 3.05) is 20.1 Å². The number of hydrogen-bond donors (Lipinski definition) is 0. The van der Waals surface area contributed by atoms with E-state index in [1.165, 1.54) is 6.26 Å². The number of rotatable bonds is 5. The van der Waals surface area contributed by atoms with Crippen LogP contribution in [0.25, 0.3) is 0 Å². The third kappa shape index (κ3) is 3.03. The van der Waals surface area contributed by atoms with E-state index < -0.39 is 0 Å². The highest BCUT2D eigenvalue weighted by atomic mass is 16.3. The first-order valence-electron chi connectivity index (χ1n) is 4.49. The standard InChI is InChI=1S/C10H15NO2/c1-3-6-11(2)8-9(12)10-5-4-7-13-10/h4-5,7H,3,6,8H2,1-2H3. The van der Waals surface area contributed by atoms with Crippen LogP contribution in [0.15, 0.2) is 22.8 Å². The van der Waals surface area contributed by atoms with Gasteiger partial charge in [-0.25, -0.2) is 0 Å². The summed E-state index contributed by atoms with van der Waals surface area (Å²) < 4.78 is 5.00. The number of Topliss-reactive ketones (excluding diaryl/α,β-unsaturated/α-hetero) is 1. The van der Waals surface area contributed by atoms with Crippen LogP contribution in [0.4, 0.5) is 0 Å². The number of likely N-dealkylation sites (N-methyl/N-ethyl adjacent to an activating group) is 1. The van der Waals surface area contributed by atoms with E-state index in [1.54, 1.807) is 12.1 Å². The monoisotopic (exact) mass is 181 g/mol. The molecule has 0 fully saturated rings. The van der Waals surface area contributed by atoms with Gasteiger partial charge in [0.05, 0.1) is 12.8 Å². The summed E-state index contributed by atoms with van der Waals surface area (Å²) in [6, 6.07) is 3.43. The van der Waals surface area contributed by atoms with Gasteiger partial charge in [0.2, 0.25) is 5.78 Å². The van der Waals surface area contributed by atoms with Gasteiger partial charge >= 0.3 is 0 Å². The van der Waals surface area contributed by atoms with Gasteiger partial charge in [-0.1, -0.05) is 6.92 Å². The smallest absolute Gasteiger partial charge is 0.211 e. The fourth-order valence-corrected chi connectivity index (χ4v) is 1.22. The van der Waals surface area contributed by atoms with E-state index in [4.69, 9.17) is 4.42 Å². The summed E-state index contributed by atoms with van der Waals surface area (Å²) in [7, 11) is 1.93. The molecule has 0 unspecified atom stereocenters. The zero-order chi connectivity index (χ0) is 9.68. The molecule has 0 aliphatic heterocycles. The van der Waals surface area contributed by atoms with Gasteiger partial charge in [0, 0.05) is 0 Å². The van der Waals surface area contributed by atoms with E-state index in [-0.39, 0.29) is 5.78 Å². The van der Waals surface area contributed by atoms with Crippen LogP contribution in [-0.4, -0.2) is 30.8 Å². The number of ketones is 1. The van der Waals surface area contributed by atoms with Gasteiger partial charge in [-0.2, -0.15) is 0 Å². The molecule has 1 aromatic rings. The van der Waals surface area contributed by atoms with E-state index in [0.29, 0.717) is 12.3 Å². The van der Waals surface area contributed by atoms with Crippen molar-refractivity contribution in [3.63, 3.8) is 0 Å². The van der Waals surface area contributed by atoms with Gasteiger partial charge in [-0.05, 0) is 32.1 Å². The minimum atomic E-state index is 0.0425. The molecule has 0 bridgehead atoms. The minimum absolute atomic E-state index is 0.0425. The third-order valence-corrected chi connectivity index (χ3v) is 1.81. The molecule has 1 heterocycles. The Morgan fingerprint density at radius 1 is 1.62 bits per heavy atom. The summed E-state index contributed by atoms with van der Waals surface area (Å²) >= 11 is 0. The maximum Gasteiger partial charge on any atom is 0.211 e. The molecule has 0 spiro atoms. The van der Waals surface area contributed by atoms with Crippen molar-refractivity contribution in [3.05, 3.63) is 24.2 Å². The predicted molar refractivity (Wildman–Crippen MR) is 50.8 cm³/mol. The zero-order valence-electron chi connectivity index (χ0n) is 8.12. The van der Waals surface area contributed by atoms with E-state index in [1.807, 2.05) is 11.9 Å². The second-order valence-corrected chi connectivity index (χ2v) is 3.14. The molecule has 3 heteroatoms. The average Bonchev–Trinajstić information content (AvgIpc) is 2.55. The van der Waals surface area contributed by atoms with Crippen LogP contribution in [-0.2, 0) is 0 Å². The summed E-state index contributed by atoms with van der Waals surface area (Å²) in [4.78, 5) is 13.4. The third-order valence-electron chi connectivity index (χ3n) is 1.81. The first kappa shape index (κ1) is 9.99. The fraction of sp³-hybridized carbons (Fsp3) is 0.500. The van der Waals surface area contributed by atoms with Crippen LogP contribution in [0.3, 0.4) is 0 Å². The number of carbonyl (C=O) groups is 1. The lowest BCUT2D eigenvalue weighted by molar-refractivity contribution is 0.0919. The van der Waals surface area contributed by atoms with Gasteiger partial charge in [0.25, 0.3) is 0 Å².